The third-order valence-electron chi connectivity index (χ3n) is 7.57. The minimum Gasteiger partial charge on any atom is -0.507 e. The zero-order valence-electron chi connectivity index (χ0n) is 21.4. The number of rotatable bonds is 5. The van der Waals surface area contributed by atoms with E-state index in [0.29, 0.717) is 28.9 Å². The van der Waals surface area contributed by atoms with Crippen LogP contribution in [0.25, 0.3) is 33.5 Å². The van der Waals surface area contributed by atoms with E-state index < -0.39 is 0 Å². The number of carbonyl (C=O) groups excluding carboxylic acids is 1. The Labute approximate surface area is 226 Å². The molecule has 196 valence electrons. The Morgan fingerprint density at radius 3 is 2.66 bits per heavy atom. The molecule has 0 spiro atoms. The van der Waals surface area contributed by atoms with Crippen LogP contribution in [0, 0.1) is 0 Å². The maximum absolute atomic E-state index is 13.3. The number of nitrogens with one attached hydrogen (secondary N) is 1. The molecule has 8 nitrogen and oxygen atoms in total. The molecule has 2 saturated heterocycles. The highest BCUT2D eigenvalue weighted by Crippen LogP contribution is 2.36. The number of benzene rings is 2. The summed E-state index contributed by atoms with van der Waals surface area (Å²) in [7, 11) is 1.58. The van der Waals surface area contributed by atoms with Gasteiger partial charge in [-0.15, -0.1) is 0 Å². The van der Waals surface area contributed by atoms with Gasteiger partial charge in [0, 0.05) is 61.1 Å². The van der Waals surface area contributed by atoms with Gasteiger partial charge in [0.2, 0.25) is 5.88 Å². The van der Waals surface area contributed by atoms with Gasteiger partial charge in [-0.25, -0.2) is 9.97 Å². The summed E-state index contributed by atoms with van der Waals surface area (Å²) in [4.78, 5) is 30.2. The quantitative estimate of drug-likeness (QED) is 0.388. The molecule has 4 aromatic rings. The largest absolute Gasteiger partial charge is 0.507 e. The average molecular weight is 530 g/mol. The van der Waals surface area contributed by atoms with E-state index in [1.165, 1.54) is 11.5 Å². The number of fused-ring (bicyclic) bond motifs is 1. The number of hydrogen-bond donors (Lipinski definition) is 2. The van der Waals surface area contributed by atoms with E-state index in [0.717, 1.165) is 61.2 Å². The summed E-state index contributed by atoms with van der Waals surface area (Å²) in [5, 5.41) is 10.6. The predicted molar refractivity (Wildman–Crippen MR) is 151 cm³/mol. The van der Waals surface area contributed by atoms with Gasteiger partial charge in [0.05, 0.1) is 23.7 Å². The normalized spacial score (nSPS) is 17.1. The van der Waals surface area contributed by atoms with Crippen molar-refractivity contribution in [2.45, 2.75) is 18.9 Å². The number of aromatic nitrogens is 3. The van der Waals surface area contributed by atoms with Crippen molar-refractivity contribution < 1.29 is 14.6 Å². The number of pyridine rings is 1. The molecule has 9 heteroatoms. The van der Waals surface area contributed by atoms with Crippen LogP contribution >= 0.6 is 11.8 Å². The third kappa shape index (κ3) is 4.83. The number of H-pyrrole nitrogens is 1. The second kappa shape index (κ2) is 10.7. The second-order valence-corrected chi connectivity index (χ2v) is 11.0. The molecular weight excluding hydrogens is 498 g/mol. The fourth-order valence-corrected chi connectivity index (χ4v) is 6.43. The Morgan fingerprint density at radius 2 is 1.87 bits per heavy atom. The van der Waals surface area contributed by atoms with Crippen molar-refractivity contribution in [2.24, 2.45) is 0 Å². The summed E-state index contributed by atoms with van der Waals surface area (Å²) >= 11 is 2.03. The van der Waals surface area contributed by atoms with E-state index in [4.69, 9.17) is 9.72 Å². The molecule has 0 saturated carbocycles. The van der Waals surface area contributed by atoms with E-state index in [2.05, 4.69) is 14.9 Å². The SMILES string of the molecule is COc1ncccc1-c1ccc(O)c(-c2nc3ccc(C(=O)N4CCC(N5CCSCC5)CC4)cc3[nH]2)c1. The Bertz CT molecular complexity index is 1460. The summed E-state index contributed by atoms with van der Waals surface area (Å²) in [5.74, 6) is 3.64. The van der Waals surface area contributed by atoms with E-state index in [1.54, 1.807) is 19.4 Å². The Morgan fingerprint density at radius 1 is 1.05 bits per heavy atom. The minimum atomic E-state index is 0.0595. The molecule has 6 rings (SSSR count). The molecule has 2 N–H and O–H groups in total. The van der Waals surface area contributed by atoms with Crippen LogP contribution in [0.15, 0.2) is 54.7 Å². The first-order chi connectivity index (χ1) is 18.6. The van der Waals surface area contributed by atoms with Crippen molar-refractivity contribution in [1.82, 2.24) is 24.8 Å². The number of imidazole rings is 1. The molecule has 0 aliphatic carbocycles. The number of likely N-dealkylation sites (tertiary alicyclic amines) is 1. The van der Waals surface area contributed by atoms with Crippen molar-refractivity contribution in [3.05, 3.63) is 60.3 Å². The molecule has 2 aromatic heterocycles. The van der Waals surface area contributed by atoms with Crippen molar-refractivity contribution in [2.75, 3.05) is 44.8 Å². The molecule has 2 fully saturated rings. The molecule has 0 bridgehead atoms. The highest BCUT2D eigenvalue weighted by atomic mass is 32.2. The molecule has 0 unspecified atom stereocenters. The molecule has 0 radical (unpaired) electrons. The Balaban J connectivity index is 1.22. The van der Waals surface area contributed by atoms with Crippen LogP contribution in [0.5, 0.6) is 11.6 Å². The molecule has 0 atom stereocenters. The van der Waals surface area contributed by atoms with E-state index in [9.17, 15) is 9.90 Å². The lowest BCUT2D eigenvalue weighted by Crippen LogP contribution is -2.49. The Kier molecular flexibility index (Phi) is 6.95. The van der Waals surface area contributed by atoms with Gasteiger partial charge in [-0.05, 0) is 60.9 Å². The number of amides is 1. The molecule has 4 heterocycles. The van der Waals surface area contributed by atoms with Gasteiger partial charge >= 0.3 is 0 Å². The molecule has 2 aromatic carbocycles. The van der Waals surface area contributed by atoms with Gasteiger partial charge in [0.15, 0.2) is 0 Å². The molecular formula is C29H31N5O3S. The highest BCUT2D eigenvalue weighted by molar-refractivity contribution is 7.99. The number of aromatic hydroxyl groups is 1. The number of phenolic OH excluding ortho intramolecular Hbond substituents is 1. The van der Waals surface area contributed by atoms with Gasteiger partial charge in [-0.1, -0.05) is 6.07 Å². The fraction of sp³-hybridized carbons (Fsp3) is 0.345. The fourth-order valence-electron chi connectivity index (χ4n) is 5.50. The van der Waals surface area contributed by atoms with Crippen LogP contribution in [0.1, 0.15) is 23.2 Å². The molecule has 1 amide bonds. The maximum Gasteiger partial charge on any atom is 0.253 e. The lowest BCUT2D eigenvalue weighted by atomic mass is 10.0. The zero-order valence-corrected chi connectivity index (χ0v) is 22.2. The minimum absolute atomic E-state index is 0.0595. The molecule has 38 heavy (non-hydrogen) atoms. The smallest absolute Gasteiger partial charge is 0.253 e. The van der Waals surface area contributed by atoms with E-state index in [1.807, 2.05) is 59.1 Å². The Hall–Kier alpha value is -3.56. The summed E-state index contributed by atoms with van der Waals surface area (Å²) in [5.41, 5.74) is 4.39. The first kappa shape index (κ1) is 24.8. The van der Waals surface area contributed by atoms with Crippen LogP contribution in [-0.2, 0) is 0 Å². The monoisotopic (exact) mass is 529 g/mol. The predicted octanol–water partition coefficient (Wildman–Crippen LogP) is 4.66. The summed E-state index contributed by atoms with van der Waals surface area (Å²) in [6.07, 6.45) is 3.74. The van der Waals surface area contributed by atoms with Crippen LogP contribution in [0.3, 0.4) is 0 Å². The van der Waals surface area contributed by atoms with Gasteiger partial charge in [-0.2, -0.15) is 11.8 Å². The number of piperidine rings is 1. The average Bonchev–Trinajstić information content (AvgIpc) is 3.41. The van der Waals surface area contributed by atoms with Crippen molar-refractivity contribution >= 4 is 28.7 Å². The topological polar surface area (TPSA) is 94.6 Å². The number of thioether (sulfide) groups is 1. The van der Waals surface area contributed by atoms with Crippen molar-refractivity contribution in [3.8, 4) is 34.1 Å². The summed E-state index contributed by atoms with van der Waals surface area (Å²) < 4.78 is 5.41. The van der Waals surface area contributed by atoms with E-state index in [-0.39, 0.29) is 11.7 Å². The first-order valence-corrected chi connectivity index (χ1v) is 14.2. The third-order valence-corrected chi connectivity index (χ3v) is 8.51. The van der Waals surface area contributed by atoms with Crippen LogP contribution in [-0.4, -0.2) is 86.6 Å². The van der Waals surface area contributed by atoms with Crippen LogP contribution in [0.4, 0.5) is 0 Å². The summed E-state index contributed by atoms with van der Waals surface area (Å²) in [6, 6.07) is 15.3. The highest BCUT2D eigenvalue weighted by Gasteiger charge is 2.28. The molecule has 2 aliphatic rings. The van der Waals surface area contributed by atoms with E-state index >= 15 is 0 Å². The maximum atomic E-state index is 13.3. The molecule has 2 aliphatic heterocycles. The second-order valence-electron chi connectivity index (χ2n) is 9.78. The number of phenols is 1. The number of ether oxygens (including phenoxy) is 1. The lowest BCUT2D eigenvalue weighted by molar-refractivity contribution is 0.0631. The first-order valence-electron chi connectivity index (χ1n) is 13.0. The number of carbonyl (C=O) groups is 1. The number of nitrogens with zero attached hydrogens (tertiary/aromatic N) is 4. The van der Waals surface area contributed by atoms with Gasteiger partial charge in [0.1, 0.15) is 11.6 Å². The standard InChI is InChI=1S/C29H31N5O3S/c1-37-28-22(3-2-10-30-28)19-5-7-26(35)23(17-19)27-31-24-6-4-20(18-25(24)32-27)29(36)34-11-8-21(9-12-34)33-13-15-38-16-14-33/h2-7,10,17-18,21,35H,8-9,11-16H2,1H3,(H,31,32). The summed E-state index contributed by atoms with van der Waals surface area (Å²) in [6.45, 7) is 3.91. The van der Waals surface area contributed by atoms with Crippen molar-refractivity contribution in [1.29, 1.82) is 0 Å². The zero-order chi connectivity index (χ0) is 26.1. The van der Waals surface area contributed by atoms with Crippen LogP contribution < -0.4 is 4.74 Å². The number of methoxy groups -OCH3 is 1. The van der Waals surface area contributed by atoms with Gasteiger partial charge < -0.3 is 19.7 Å². The number of hydrogen-bond acceptors (Lipinski definition) is 7. The lowest BCUT2D eigenvalue weighted by Gasteiger charge is -2.40. The van der Waals surface area contributed by atoms with Gasteiger partial charge in [0.25, 0.3) is 5.91 Å². The van der Waals surface area contributed by atoms with Crippen molar-refractivity contribution in [3.63, 3.8) is 0 Å². The van der Waals surface area contributed by atoms with Gasteiger partial charge in [-0.3, -0.25) is 9.69 Å². The van der Waals surface area contributed by atoms with Crippen LogP contribution in [0.2, 0.25) is 0 Å². The number of aromatic amines is 1.